The highest BCUT2D eigenvalue weighted by molar-refractivity contribution is 6.06. The molecule has 0 spiro atoms. The molecule has 1 fully saturated rings. The van der Waals surface area contributed by atoms with Crippen LogP contribution >= 0.6 is 0 Å². The lowest BCUT2D eigenvalue weighted by molar-refractivity contribution is 0.0691. The average Bonchev–Trinajstić information content (AvgIpc) is 2.68. The van der Waals surface area contributed by atoms with Gasteiger partial charge in [-0.2, -0.15) is 0 Å². The normalized spacial score (nSPS) is 14.8. The van der Waals surface area contributed by atoms with Crippen molar-refractivity contribution in [3.05, 3.63) is 53.9 Å². The second-order valence-electron chi connectivity index (χ2n) is 6.56. The summed E-state index contributed by atoms with van der Waals surface area (Å²) in [4.78, 5) is 31.2. The summed E-state index contributed by atoms with van der Waals surface area (Å²) in [5.41, 5.74) is 1.27. The van der Waals surface area contributed by atoms with Crippen molar-refractivity contribution >= 4 is 17.5 Å². The van der Waals surface area contributed by atoms with Crippen molar-refractivity contribution < 1.29 is 14.3 Å². The Morgan fingerprint density at radius 2 is 1.92 bits per heavy atom. The number of methoxy groups -OCH3 is 1. The van der Waals surface area contributed by atoms with E-state index in [4.69, 9.17) is 4.74 Å². The van der Waals surface area contributed by atoms with Gasteiger partial charge in [0.15, 0.2) is 0 Å². The largest absolute Gasteiger partial charge is 0.495 e. The van der Waals surface area contributed by atoms with Crippen LogP contribution < -0.4 is 10.1 Å². The second-order valence-corrected chi connectivity index (χ2v) is 6.56. The van der Waals surface area contributed by atoms with Crippen molar-refractivity contribution in [1.29, 1.82) is 0 Å². The number of anilines is 1. The predicted octanol–water partition coefficient (Wildman–Crippen LogP) is 3.21. The second kappa shape index (κ2) is 7.99. The third kappa shape index (κ3) is 4.02. The highest BCUT2D eigenvalue weighted by atomic mass is 16.5. The lowest BCUT2D eigenvalue weighted by Gasteiger charge is -2.30. The molecule has 136 valence electrons. The molecule has 26 heavy (non-hydrogen) atoms. The fourth-order valence-corrected chi connectivity index (χ4v) is 3.00. The molecule has 1 saturated heterocycles. The maximum absolute atomic E-state index is 12.7. The Bertz CT molecular complexity index is 798. The Morgan fingerprint density at radius 1 is 1.19 bits per heavy atom. The first-order valence-corrected chi connectivity index (χ1v) is 8.78. The van der Waals surface area contributed by atoms with Crippen LogP contribution in [0.2, 0.25) is 0 Å². The summed E-state index contributed by atoms with van der Waals surface area (Å²) in [5.74, 6) is 0.792. The van der Waals surface area contributed by atoms with Crippen LogP contribution in [0, 0.1) is 5.92 Å². The van der Waals surface area contributed by atoms with Crippen LogP contribution in [0.5, 0.6) is 5.75 Å². The third-order valence-corrected chi connectivity index (χ3v) is 4.67. The molecule has 1 aromatic carbocycles. The summed E-state index contributed by atoms with van der Waals surface area (Å²) in [7, 11) is 1.55. The number of hydrogen-bond acceptors (Lipinski definition) is 4. The maximum atomic E-state index is 12.7. The van der Waals surface area contributed by atoms with Gasteiger partial charge in [-0.05, 0) is 43.0 Å². The summed E-state index contributed by atoms with van der Waals surface area (Å²) in [6, 6.07) is 10.3. The van der Waals surface area contributed by atoms with Crippen LogP contribution in [0.1, 0.15) is 40.6 Å². The van der Waals surface area contributed by atoms with Gasteiger partial charge in [0.05, 0.1) is 12.8 Å². The lowest BCUT2D eigenvalue weighted by atomic mass is 9.99. The van der Waals surface area contributed by atoms with Gasteiger partial charge >= 0.3 is 0 Å². The van der Waals surface area contributed by atoms with E-state index >= 15 is 0 Å². The molecule has 0 saturated carbocycles. The van der Waals surface area contributed by atoms with Crippen molar-refractivity contribution in [3.8, 4) is 5.75 Å². The van der Waals surface area contributed by atoms with Crippen molar-refractivity contribution in [2.45, 2.75) is 19.8 Å². The van der Waals surface area contributed by atoms with Crippen LogP contribution in [0.15, 0.2) is 42.6 Å². The van der Waals surface area contributed by atoms with Gasteiger partial charge in [-0.3, -0.25) is 14.6 Å². The summed E-state index contributed by atoms with van der Waals surface area (Å²) in [5, 5.41) is 2.81. The first-order chi connectivity index (χ1) is 12.6. The van der Waals surface area contributed by atoms with Gasteiger partial charge in [0.1, 0.15) is 11.4 Å². The fraction of sp³-hybridized carbons (Fsp3) is 0.350. The van der Waals surface area contributed by atoms with Gasteiger partial charge in [0.25, 0.3) is 11.8 Å². The molecule has 1 aromatic heterocycles. The SMILES string of the molecule is COc1ccccc1NC(=O)c1ccnc(C(=O)N2CCC(C)CC2)c1. The number of piperidine rings is 1. The molecule has 0 radical (unpaired) electrons. The molecule has 1 aliphatic rings. The number of likely N-dealkylation sites (tertiary alicyclic amines) is 1. The molecule has 0 aliphatic carbocycles. The monoisotopic (exact) mass is 353 g/mol. The molecule has 2 heterocycles. The van der Waals surface area contributed by atoms with Crippen LogP contribution in [-0.2, 0) is 0 Å². The van der Waals surface area contributed by atoms with Gasteiger partial charge in [-0.25, -0.2) is 0 Å². The summed E-state index contributed by atoms with van der Waals surface area (Å²) >= 11 is 0. The molecule has 0 unspecified atom stereocenters. The summed E-state index contributed by atoms with van der Waals surface area (Å²) in [6.07, 6.45) is 3.50. The van der Waals surface area contributed by atoms with E-state index in [0.717, 1.165) is 25.9 Å². The van der Waals surface area contributed by atoms with Crippen LogP contribution in [-0.4, -0.2) is 41.9 Å². The van der Waals surface area contributed by atoms with Gasteiger partial charge < -0.3 is 15.0 Å². The zero-order chi connectivity index (χ0) is 18.5. The summed E-state index contributed by atoms with van der Waals surface area (Å²) < 4.78 is 5.24. The number of pyridine rings is 1. The van der Waals surface area contributed by atoms with E-state index in [0.29, 0.717) is 28.6 Å². The number of hydrogen-bond donors (Lipinski definition) is 1. The molecule has 6 nitrogen and oxygen atoms in total. The van der Waals surface area contributed by atoms with Crippen molar-refractivity contribution in [2.24, 2.45) is 5.92 Å². The number of carbonyl (C=O) groups is 2. The molecule has 1 N–H and O–H groups in total. The fourth-order valence-electron chi connectivity index (χ4n) is 3.00. The van der Waals surface area contributed by atoms with Crippen molar-refractivity contribution in [1.82, 2.24) is 9.88 Å². The number of nitrogens with one attached hydrogen (secondary N) is 1. The predicted molar refractivity (Wildman–Crippen MR) is 99.5 cm³/mol. The topological polar surface area (TPSA) is 71.5 Å². The van der Waals surface area contributed by atoms with E-state index in [-0.39, 0.29) is 11.8 Å². The quantitative estimate of drug-likeness (QED) is 0.916. The minimum Gasteiger partial charge on any atom is -0.495 e. The molecular weight excluding hydrogens is 330 g/mol. The molecule has 6 heteroatoms. The zero-order valence-corrected chi connectivity index (χ0v) is 15.1. The Kier molecular flexibility index (Phi) is 5.51. The van der Waals surface area contributed by atoms with E-state index < -0.39 is 0 Å². The summed E-state index contributed by atoms with van der Waals surface area (Å²) in [6.45, 7) is 3.67. The lowest BCUT2D eigenvalue weighted by Crippen LogP contribution is -2.38. The molecular formula is C20H23N3O3. The van der Waals surface area contributed by atoms with E-state index in [1.54, 1.807) is 31.4 Å². The first kappa shape index (κ1) is 17.9. The minimum atomic E-state index is -0.307. The zero-order valence-electron chi connectivity index (χ0n) is 15.1. The molecule has 3 rings (SSSR count). The Morgan fingerprint density at radius 3 is 2.65 bits per heavy atom. The Labute approximate surface area is 153 Å². The van der Waals surface area contributed by atoms with Crippen molar-refractivity contribution in [3.63, 3.8) is 0 Å². The van der Waals surface area contributed by atoms with Crippen LogP contribution in [0.4, 0.5) is 5.69 Å². The molecule has 2 aromatic rings. The number of rotatable bonds is 4. The van der Waals surface area contributed by atoms with Gasteiger partial charge in [-0.15, -0.1) is 0 Å². The highest BCUT2D eigenvalue weighted by Gasteiger charge is 2.23. The van der Waals surface area contributed by atoms with E-state index in [1.807, 2.05) is 17.0 Å². The number of aromatic nitrogens is 1. The number of carbonyl (C=O) groups excluding carboxylic acids is 2. The van der Waals surface area contributed by atoms with Crippen LogP contribution in [0.3, 0.4) is 0 Å². The number of nitrogens with zero attached hydrogens (tertiary/aromatic N) is 2. The third-order valence-electron chi connectivity index (χ3n) is 4.67. The number of ether oxygens (including phenoxy) is 1. The smallest absolute Gasteiger partial charge is 0.272 e. The molecule has 0 bridgehead atoms. The first-order valence-electron chi connectivity index (χ1n) is 8.78. The van der Waals surface area contributed by atoms with Gasteiger partial charge in [-0.1, -0.05) is 19.1 Å². The number of para-hydroxylation sites is 2. The van der Waals surface area contributed by atoms with Gasteiger partial charge in [0, 0.05) is 24.8 Å². The van der Waals surface area contributed by atoms with E-state index in [9.17, 15) is 9.59 Å². The molecule has 2 amide bonds. The van der Waals surface area contributed by atoms with Crippen molar-refractivity contribution in [2.75, 3.05) is 25.5 Å². The molecule has 1 aliphatic heterocycles. The van der Waals surface area contributed by atoms with E-state index in [2.05, 4.69) is 17.2 Å². The average molecular weight is 353 g/mol. The Hall–Kier alpha value is -2.89. The molecule has 0 atom stereocenters. The number of benzene rings is 1. The van der Waals surface area contributed by atoms with Crippen LogP contribution in [0.25, 0.3) is 0 Å². The maximum Gasteiger partial charge on any atom is 0.272 e. The van der Waals surface area contributed by atoms with Gasteiger partial charge in [0.2, 0.25) is 0 Å². The minimum absolute atomic E-state index is 0.121. The number of amides is 2. The highest BCUT2D eigenvalue weighted by Crippen LogP contribution is 2.24. The standard InChI is InChI=1S/C20H23N3O3/c1-14-8-11-23(12-9-14)20(25)17-13-15(7-10-21-17)19(24)22-16-5-3-4-6-18(16)26-2/h3-7,10,13-14H,8-9,11-12H2,1-2H3,(H,22,24). The Balaban J connectivity index is 1.74. The van der Waals surface area contributed by atoms with E-state index in [1.165, 1.54) is 6.20 Å².